The van der Waals surface area contributed by atoms with Crippen molar-refractivity contribution in [3.63, 3.8) is 0 Å². The number of rotatable bonds is 4. The highest BCUT2D eigenvalue weighted by molar-refractivity contribution is 5.94. The minimum atomic E-state index is -0.120. The number of carbonyl (C=O) groups is 1. The van der Waals surface area contributed by atoms with Crippen molar-refractivity contribution in [1.82, 2.24) is 0 Å². The third-order valence-electron chi connectivity index (χ3n) is 3.27. The van der Waals surface area contributed by atoms with Gasteiger partial charge >= 0.3 is 0 Å². The van der Waals surface area contributed by atoms with Gasteiger partial charge in [0.2, 0.25) is 0 Å². The van der Waals surface area contributed by atoms with Gasteiger partial charge in [0.05, 0.1) is 12.5 Å². The fourth-order valence-electron chi connectivity index (χ4n) is 2.55. The molecular weight excluding hydrogens is 228 g/mol. The summed E-state index contributed by atoms with van der Waals surface area (Å²) in [5, 5.41) is 0. The van der Waals surface area contributed by atoms with Crippen molar-refractivity contribution in [3.05, 3.63) is 47.2 Å². The maximum absolute atomic E-state index is 11.7. The third-order valence-corrected chi connectivity index (χ3v) is 3.27. The van der Waals surface area contributed by atoms with Gasteiger partial charge in [-0.15, -0.1) is 0 Å². The van der Waals surface area contributed by atoms with Crippen LogP contribution in [0.2, 0.25) is 0 Å². The van der Waals surface area contributed by atoms with Crippen LogP contribution < -0.4 is 0 Å². The van der Waals surface area contributed by atoms with E-state index in [2.05, 4.69) is 0 Å². The predicted molar refractivity (Wildman–Crippen MR) is 69.0 cm³/mol. The monoisotopic (exact) mass is 246 g/mol. The Balaban J connectivity index is 2.32. The number of hydrogen-bond acceptors (Lipinski definition) is 3. The van der Waals surface area contributed by atoms with Crippen LogP contribution in [0.5, 0.6) is 0 Å². The van der Waals surface area contributed by atoms with Crippen LogP contribution in [0.15, 0.2) is 41.7 Å². The van der Waals surface area contributed by atoms with Crippen LogP contribution in [0, 0.1) is 5.92 Å². The Morgan fingerprint density at radius 1 is 1.33 bits per heavy atom. The molecule has 0 saturated carbocycles. The molecule has 3 heteroatoms. The van der Waals surface area contributed by atoms with Crippen molar-refractivity contribution in [3.8, 4) is 0 Å². The second kappa shape index (κ2) is 5.36. The summed E-state index contributed by atoms with van der Waals surface area (Å²) in [5.74, 6) is 0.765. The molecule has 1 aliphatic heterocycles. The van der Waals surface area contributed by atoms with E-state index in [-0.39, 0.29) is 17.8 Å². The van der Waals surface area contributed by atoms with Gasteiger partial charge in [-0.25, -0.2) is 0 Å². The van der Waals surface area contributed by atoms with Gasteiger partial charge in [0.25, 0.3) is 0 Å². The number of ether oxygens (including phenoxy) is 2. The first kappa shape index (κ1) is 12.8. The van der Waals surface area contributed by atoms with Crippen LogP contribution in [-0.4, -0.2) is 19.5 Å². The van der Waals surface area contributed by atoms with Gasteiger partial charge < -0.3 is 9.47 Å². The van der Waals surface area contributed by atoms with E-state index in [1.165, 1.54) is 0 Å². The second-order valence-corrected chi connectivity index (χ2v) is 4.54. The molecule has 1 aromatic rings. The highest BCUT2D eigenvalue weighted by Crippen LogP contribution is 2.41. The summed E-state index contributed by atoms with van der Waals surface area (Å²) < 4.78 is 11.1. The highest BCUT2D eigenvalue weighted by Gasteiger charge is 2.37. The average Bonchev–Trinajstić information content (AvgIpc) is 2.68. The van der Waals surface area contributed by atoms with Crippen LogP contribution in [0.4, 0.5) is 0 Å². The lowest BCUT2D eigenvalue weighted by atomic mass is 9.89. The summed E-state index contributed by atoms with van der Waals surface area (Å²) in [4.78, 5) is 11.7. The molecule has 2 rings (SSSR count). The van der Waals surface area contributed by atoms with Gasteiger partial charge in [0.1, 0.15) is 11.9 Å². The molecule has 3 nitrogen and oxygen atoms in total. The molecule has 0 unspecified atom stereocenters. The third kappa shape index (κ3) is 2.31. The van der Waals surface area contributed by atoms with Crippen molar-refractivity contribution < 1.29 is 14.3 Å². The molecule has 1 aromatic carbocycles. The molecule has 0 bridgehead atoms. The minimum absolute atomic E-state index is 0.0186. The van der Waals surface area contributed by atoms with Crippen LogP contribution >= 0.6 is 0 Å². The fraction of sp³-hybridized carbons (Fsp3) is 0.400. The molecule has 0 fully saturated rings. The van der Waals surface area contributed by atoms with Gasteiger partial charge in [-0.05, 0) is 19.4 Å². The lowest BCUT2D eigenvalue weighted by Gasteiger charge is -2.20. The van der Waals surface area contributed by atoms with Crippen LogP contribution in [0.3, 0.4) is 0 Å². The zero-order valence-electron chi connectivity index (χ0n) is 11.0. The Kier molecular flexibility index (Phi) is 3.82. The van der Waals surface area contributed by atoms with Crippen LogP contribution in [0.1, 0.15) is 25.5 Å². The average molecular weight is 246 g/mol. The molecule has 1 aliphatic rings. The number of Topliss-reactive ketones (excluding diaryl/α,β-unsaturated/α-hetero) is 1. The smallest absolute Gasteiger partial charge is 0.159 e. The quantitative estimate of drug-likeness (QED) is 0.819. The molecule has 18 heavy (non-hydrogen) atoms. The SMILES string of the molecule is COC[C@@H]1C(C(C)=O)=C(C)O[C@@H]1c1ccccc1. The molecule has 1 heterocycles. The standard InChI is InChI=1S/C15H18O3/c1-10(16)14-11(2)18-15(13(14)9-17-3)12-7-5-4-6-8-12/h4-8,13,15H,9H2,1-3H3/t13-,15-/m1/s1. The first-order valence-electron chi connectivity index (χ1n) is 6.07. The van der Waals surface area contributed by atoms with E-state index < -0.39 is 0 Å². The number of ketones is 1. The van der Waals surface area contributed by atoms with Crippen molar-refractivity contribution in [2.75, 3.05) is 13.7 Å². The first-order valence-corrected chi connectivity index (χ1v) is 6.07. The Morgan fingerprint density at radius 2 is 2.00 bits per heavy atom. The molecule has 0 aliphatic carbocycles. The summed E-state index contributed by atoms with van der Waals surface area (Å²) in [6, 6.07) is 9.95. The number of carbonyl (C=O) groups excluding carboxylic acids is 1. The van der Waals surface area contributed by atoms with Crippen LogP contribution in [-0.2, 0) is 14.3 Å². The summed E-state index contributed by atoms with van der Waals surface area (Å²) in [6.45, 7) is 3.92. The largest absolute Gasteiger partial charge is 0.489 e. The Bertz CT molecular complexity index is 462. The Labute approximate surface area is 107 Å². The molecule has 96 valence electrons. The summed E-state index contributed by atoms with van der Waals surface area (Å²) in [5.41, 5.74) is 1.83. The molecular formula is C15H18O3. The van der Waals surface area contributed by atoms with Gasteiger partial charge in [0, 0.05) is 12.7 Å². The lowest BCUT2D eigenvalue weighted by molar-refractivity contribution is -0.114. The van der Waals surface area contributed by atoms with Gasteiger partial charge in [-0.1, -0.05) is 30.3 Å². The van der Waals surface area contributed by atoms with Crippen LogP contribution in [0.25, 0.3) is 0 Å². The summed E-state index contributed by atoms with van der Waals surface area (Å²) in [7, 11) is 1.65. The van der Waals surface area contributed by atoms with Crippen molar-refractivity contribution in [2.24, 2.45) is 5.92 Å². The Morgan fingerprint density at radius 3 is 2.56 bits per heavy atom. The van der Waals surface area contributed by atoms with E-state index in [0.29, 0.717) is 6.61 Å². The van der Waals surface area contributed by atoms with Gasteiger partial charge in [-0.3, -0.25) is 4.79 Å². The normalized spacial score (nSPS) is 23.1. The zero-order valence-corrected chi connectivity index (χ0v) is 11.0. The lowest BCUT2D eigenvalue weighted by Crippen LogP contribution is -2.19. The molecule has 0 aromatic heterocycles. The molecule has 0 saturated heterocycles. The van der Waals surface area contributed by atoms with Crippen molar-refractivity contribution in [2.45, 2.75) is 20.0 Å². The molecule has 2 atom stereocenters. The number of allylic oxidation sites excluding steroid dienone is 1. The number of benzene rings is 1. The number of methoxy groups -OCH3 is 1. The second-order valence-electron chi connectivity index (χ2n) is 4.54. The van der Waals surface area contributed by atoms with E-state index in [1.54, 1.807) is 14.0 Å². The van der Waals surface area contributed by atoms with Crippen molar-refractivity contribution in [1.29, 1.82) is 0 Å². The van der Waals surface area contributed by atoms with E-state index in [0.717, 1.165) is 16.9 Å². The summed E-state index contributed by atoms with van der Waals surface area (Å²) >= 11 is 0. The molecule has 0 radical (unpaired) electrons. The van der Waals surface area contributed by atoms with E-state index >= 15 is 0 Å². The molecule has 0 spiro atoms. The maximum Gasteiger partial charge on any atom is 0.159 e. The minimum Gasteiger partial charge on any atom is -0.489 e. The van der Waals surface area contributed by atoms with Gasteiger partial charge in [-0.2, -0.15) is 0 Å². The van der Waals surface area contributed by atoms with E-state index in [9.17, 15) is 4.79 Å². The zero-order chi connectivity index (χ0) is 13.1. The fourth-order valence-corrected chi connectivity index (χ4v) is 2.55. The molecule has 0 N–H and O–H groups in total. The summed E-state index contributed by atoms with van der Waals surface area (Å²) in [6.07, 6.45) is -0.120. The first-order chi connectivity index (χ1) is 8.65. The maximum atomic E-state index is 11.7. The van der Waals surface area contributed by atoms with E-state index in [1.807, 2.05) is 37.3 Å². The molecule has 0 amide bonds. The predicted octanol–water partition coefficient (Wildman–Crippen LogP) is 2.88. The van der Waals surface area contributed by atoms with E-state index in [4.69, 9.17) is 9.47 Å². The highest BCUT2D eigenvalue weighted by atomic mass is 16.5. The topological polar surface area (TPSA) is 35.5 Å². The Hall–Kier alpha value is -1.61. The van der Waals surface area contributed by atoms with Gasteiger partial charge in [0.15, 0.2) is 5.78 Å². The van der Waals surface area contributed by atoms with Crippen molar-refractivity contribution >= 4 is 5.78 Å². The number of hydrogen-bond donors (Lipinski definition) is 0.